The molecule has 84 valence electrons. The summed E-state index contributed by atoms with van der Waals surface area (Å²) in [6.07, 6.45) is 1.25. The molecule has 0 bridgehead atoms. The summed E-state index contributed by atoms with van der Waals surface area (Å²) in [6.45, 7) is 5.07. The second kappa shape index (κ2) is 5.18. The zero-order chi connectivity index (χ0) is 10.7. The highest BCUT2D eigenvalue weighted by atomic mass is 32.2. The molecule has 0 aromatic carbocycles. The summed E-state index contributed by atoms with van der Waals surface area (Å²) in [5.41, 5.74) is 6.58. The fraction of sp³-hybridized carbons (Fsp3) is 0.700. The van der Waals surface area contributed by atoms with Gasteiger partial charge in [-0.25, -0.2) is 4.98 Å². The van der Waals surface area contributed by atoms with Gasteiger partial charge >= 0.3 is 0 Å². The lowest BCUT2D eigenvalue weighted by molar-refractivity contribution is 0.724. The normalized spacial score (nSPS) is 22.0. The highest BCUT2D eigenvalue weighted by molar-refractivity contribution is 8.00. The van der Waals surface area contributed by atoms with Crippen molar-refractivity contribution >= 4 is 28.2 Å². The molecule has 2 N–H and O–H groups in total. The lowest BCUT2D eigenvalue weighted by Gasteiger charge is -2.31. The van der Waals surface area contributed by atoms with Crippen LogP contribution in [0.15, 0.2) is 5.38 Å². The van der Waals surface area contributed by atoms with Gasteiger partial charge in [0.1, 0.15) is 0 Å². The van der Waals surface area contributed by atoms with Gasteiger partial charge < -0.3 is 10.6 Å². The third-order valence-corrected chi connectivity index (χ3v) is 4.94. The van der Waals surface area contributed by atoms with Gasteiger partial charge in [-0.3, -0.25) is 0 Å². The van der Waals surface area contributed by atoms with E-state index in [1.54, 1.807) is 11.3 Å². The number of hydrogen-bond donors (Lipinski definition) is 1. The monoisotopic (exact) mass is 243 g/mol. The van der Waals surface area contributed by atoms with Crippen molar-refractivity contribution in [2.24, 2.45) is 5.73 Å². The van der Waals surface area contributed by atoms with Crippen LogP contribution < -0.4 is 10.6 Å². The summed E-state index contributed by atoms with van der Waals surface area (Å²) in [5, 5.41) is 3.98. The van der Waals surface area contributed by atoms with Crippen LogP contribution in [-0.2, 0) is 6.54 Å². The first-order valence-corrected chi connectivity index (χ1v) is 7.27. The molecule has 1 aromatic heterocycles. The molecule has 5 heteroatoms. The number of thioether (sulfide) groups is 1. The first-order chi connectivity index (χ1) is 7.33. The van der Waals surface area contributed by atoms with Crippen LogP contribution in [0.2, 0.25) is 0 Å². The van der Waals surface area contributed by atoms with Gasteiger partial charge in [0, 0.05) is 36.0 Å². The van der Waals surface area contributed by atoms with Gasteiger partial charge in [0.05, 0.1) is 5.69 Å². The molecule has 1 aliphatic rings. The maximum atomic E-state index is 5.57. The van der Waals surface area contributed by atoms with E-state index in [9.17, 15) is 0 Å². The number of hydrogen-bond acceptors (Lipinski definition) is 5. The van der Waals surface area contributed by atoms with E-state index >= 15 is 0 Å². The average Bonchev–Trinajstić information content (AvgIpc) is 2.78. The van der Waals surface area contributed by atoms with Crippen molar-refractivity contribution in [2.75, 3.05) is 23.7 Å². The highest BCUT2D eigenvalue weighted by Gasteiger charge is 2.20. The Kier molecular flexibility index (Phi) is 3.88. The Morgan fingerprint density at radius 1 is 1.67 bits per heavy atom. The van der Waals surface area contributed by atoms with Crippen LogP contribution in [0, 0.1) is 0 Å². The Balaban J connectivity index is 2.03. The lowest BCUT2D eigenvalue weighted by atomic mass is 10.3. The molecule has 1 atom stereocenters. The molecular formula is C10H17N3S2. The van der Waals surface area contributed by atoms with Crippen molar-refractivity contribution in [3.05, 3.63) is 11.1 Å². The molecule has 15 heavy (non-hydrogen) atoms. The van der Waals surface area contributed by atoms with E-state index in [2.05, 4.69) is 33.9 Å². The van der Waals surface area contributed by atoms with E-state index in [4.69, 9.17) is 5.73 Å². The predicted octanol–water partition coefficient (Wildman–Crippen LogP) is 1.93. The maximum absolute atomic E-state index is 5.57. The molecule has 0 radical (unpaired) electrons. The SMILES string of the molecule is CCC1CN(c2nc(CN)cs2)CCS1. The van der Waals surface area contributed by atoms with E-state index in [1.807, 2.05) is 0 Å². The van der Waals surface area contributed by atoms with Crippen LogP contribution in [0.4, 0.5) is 5.13 Å². The Labute approximate surface area is 99.1 Å². The quantitative estimate of drug-likeness (QED) is 0.881. The number of anilines is 1. The number of nitrogens with two attached hydrogens (primary N) is 1. The molecule has 0 spiro atoms. The zero-order valence-electron chi connectivity index (χ0n) is 8.98. The summed E-state index contributed by atoms with van der Waals surface area (Å²) < 4.78 is 0. The van der Waals surface area contributed by atoms with Crippen molar-refractivity contribution in [1.29, 1.82) is 0 Å². The maximum Gasteiger partial charge on any atom is 0.185 e. The minimum atomic E-state index is 0.552. The molecule has 1 aromatic rings. The molecular weight excluding hydrogens is 226 g/mol. The number of aromatic nitrogens is 1. The van der Waals surface area contributed by atoms with Crippen LogP contribution in [0.25, 0.3) is 0 Å². The summed E-state index contributed by atoms with van der Waals surface area (Å²) in [5.74, 6) is 1.22. The summed E-state index contributed by atoms with van der Waals surface area (Å²) in [7, 11) is 0. The zero-order valence-corrected chi connectivity index (χ0v) is 10.6. The number of rotatable bonds is 3. The molecule has 0 saturated carbocycles. The number of nitrogens with zero attached hydrogens (tertiary/aromatic N) is 2. The van der Waals surface area contributed by atoms with Crippen molar-refractivity contribution in [2.45, 2.75) is 25.1 Å². The molecule has 1 saturated heterocycles. The third-order valence-electron chi connectivity index (χ3n) is 2.61. The highest BCUT2D eigenvalue weighted by Crippen LogP contribution is 2.27. The standard InChI is InChI=1S/C10H17N3S2/c1-2-9-6-13(3-4-14-9)10-12-8(5-11)7-15-10/h7,9H,2-6,11H2,1H3. The first-order valence-electron chi connectivity index (χ1n) is 5.34. The van der Waals surface area contributed by atoms with Gasteiger partial charge in [0.25, 0.3) is 0 Å². The van der Waals surface area contributed by atoms with Crippen LogP contribution >= 0.6 is 23.1 Å². The van der Waals surface area contributed by atoms with Gasteiger partial charge in [-0.05, 0) is 6.42 Å². The van der Waals surface area contributed by atoms with Gasteiger partial charge in [-0.2, -0.15) is 11.8 Å². The Morgan fingerprint density at radius 3 is 3.20 bits per heavy atom. The average molecular weight is 243 g/mol. The smallest absolute Gasteiger partial charge is 0.185 e. The molecule has 1 unspecified atom stereocenters. The summed E-state index contributed by atoms with van der Waals surface area (Å²) >= 11 is 3.80. The Bertz CT molecular complexity index is 313. The summed E-state index contributed by atoms with van der Waals surface area (Å²) in [6, 6.07) is 0. The topological polar surface area (TPSA) is 42.2 Å². The van der Waals surface area contributed by atoms with Gasteiger partial charge in [-0.15, -0.1) is 11.3 Å². The Hall–Kier alpha value is -0.260. The molecule has 1 fully saturated rings. The van der Waals surface area contributed by atoms with Crippen molar-refractivity contribution < 1.29 is 0 Å². The van der Waals surface area contributed by atoms with Crippen molar-refractivity contribution in [3.8, 4) is 0 Å². The molecule has 2 rings (SSSR count). The van der Waals surface area contributed by atoms with E-state index in [0.29, 0.717) is 6.54 Å². The lowest BCUT2D eigenvalue weighted by Crippen LogP contribution is -2.37. The van der Waals surface area contributed by atoms with E-state index < -0.39 is 0 Å². The van der Waals surface area contributed by atoms with Gasteiger partial charge in [0.2, 0.25) is 0 Å². The molecule has 0 amide bonds. The molecule has 0 aliphatic carbocycles. The largest absolute Gasteiger partial charge is 0.346 e. The van der Waals surface area contributed by atoms with Crippen LogP contribution in [0.3, 0.4) is 0 Å². The second-order valence-electron chi connectivity index (χ2n) is 3.67. The number of thiazole rings is 1. The second-order valence-corrected chi connectivity index (χ2v) is 5.92. The predicted molar refractivity (Wildman–Crippen MR) is 68.8 cm³/mol. The summed E-state index contributed by atoms with van der Waals surface area (Å²) in [4.78, 5) is 6.93. The first kappa shape index (κ1) is 11.2. The molecule has 3 nitrogen and oxygen atoms in total. The van der Waals surface area contributed by atoms with E-state index in [0.717, 1.165) is 29.2 Å². The van der Waals surface area contributed by atoms with E-state index in [-0.39, 0.29) is 0 Å². The fourth-order valence-corrected chi connectivity index (χ4v) is 3.73. The Morgan fingerprint density at radius 2 is 2.53 bits per heavy atom. The van der Waals surface area contributed by atoms with Crippen LogP contribution in [-0.4, -0.2) is 29.1 Å². The molecule has 1 aliphatic heterocycles. The van der Waals surface area contributed by atoms with Crippen molar-refractivity contribution in [1.82, 2.24) is 4.98 Å². The van der Waals surface area contributed by atoms with Gasteiger partial charge in [0.15, 0.2) is 5.13 Å². The minimum absolute atomic E-state index is 0.552. The van der Waals surface area contributed by atoms with Gasteiger partial charge in [-0.1, -0.05) is 6.92 Å². The third kappa shape index (κ3) is 2.65. The molecule has 2 heterocycles. The van der Waals surface area contributed by atoms with E-state index in [1.165, 1.54) is 12.2 Å². The van der Waals surface area contributed by atoms with Crippen LogP contribution in [0.5, 0.6) is 0 Å². The van der Waals surface area contributed by atoms with Crippen molar-refractivity contribution in [3.63, 3.8) is 0 Å². The minimum Gasteiger partial charge on any atom is -0.346 e. The van der Waals surface area contributed by atoms with Crippen LogP contribution in [0.1, 0.15) is 19.0 Å². The fourth-order valence-electron chi connectivity index (χ4n) is 1.68.